The van der Waals surface area contributed by atoms with E-state index in [2.05, 4.69) is 21.2 Å². The molecule has 1 aromatic carbocycles. The van der Waals surface area contributed by atoms with Crippen molar-refractivity contribution >= 4 is 28.0 Å². The third kappa shape index (κ3) is 4.80. The zero-order valence-corrected chi connectivity index (χ0v) is 12.8. The maximum atomic E-state index is 13.0. The van der Waals surface area contributed by atoms with Crippen LogP contribution < -0.4 is 5.32 Å². The van der Waals surface area contributed by atoms with E-state index in [0.29, 0.717) is 0 Å². The topological polar surface area (TPSA) is 75.6 Å². The van der Waals surface area contributed by atoms with Gasteiger partial charge in [0.25, 0.3) is 0 Å². The molecule has 0 fully saturated rings. The molecule has 0 radical (unpaired) electrons. The monoisotopic (exact) mass is 347 g/mol. The minimum absolute atomic E-state index is 0.227. The second-order valence-corrected chi connectivity index (χ2v) is 5.94. The molecule has 1 unspecified atom stereocenters. The van der Waals surface area contributed by atoms with Crippen LogP contribution in [-0.4, -0.2) is 22.8 Å². The maximum absolute atomic E-state index is 13.0. The molecule has 5 nitrogen and oxygen atoms in total. The highest BCUT2D eigenvalue weighted by Gasteiger charge is 2.27. The third-order valence-electron chi connectivity index (χ3n) is 2.18. The molecule has 0 aliphatic carbocycles. The van der Waals surface area contributed by atoms with Crippen molar-refractivity contribution in [1.82, 2.24) is 5.32 Å². The summed E-state index contributed by atoms with van der Waals surface area (Å²) >= 11 is 3.07. The Balaban J connectivity index is 2.96. The van der Waals surface area contributed by atoms with Crippen LogP contribution in [0.3, 0.4) is 0 Å². The van der Waals surface area contributed by atoms with E-state index in [4.69, 9.17) is 4.74 Å². The van der Waals surface area contributed by atoms with Gasteiger partial charge < -0.3 is 15.2 Å². The number of nitrogens with one attached hydrogen (secondary N) is 1. The molecule has 0 aliphatic rings. The molecule has 0 spiro atoms. The first-order valence-electron chi connectivity index (χ1n) is 5.77. The van der Waals surface area contributed by atoms with E-state index in [-0.39, 0.29) is 10.0 Å². The zero-order chi connectivity index (χ0) is 15.5. The zero-order valence-electron chi connectivity index (χ0n) is 11.2. The fourth-order valence-electron chi connectivity index (χ4n) is 1.43. The lowest BCUT2D eigenvalue weighted by atomic mass is 10.1. The van der Waals surface area contributed by atoms with Crippen molar-refractivity contribution in [1.29, 1.82) is 0 Å². The summed E-state index contributed by atoms with van der Waals surface area (Å²) < 4.78 is 18.3. The first-order valence-corrected chi connectivity index (χ1v) is 6.57. The van der Waals surface area contributed by atoms with Crippen LogP contribution in [-0.2, 0) is 9.53 Å². The van der Waals surface area contributed by atoms with Gasteiger partial charge in [0.1, 0.15) is 11.4 Å². The molecule has 1 atom stereocenters. The number of carbonyl (C=O) groups is 2. The Morgan fingerprint density at radius 2 is 2.00 bits per heavy atom. The molecule has 1 amide bonds. The number of rotatable bonds is 3. The van der Waals surface area contributed by atoms with E-state index >= 15 is 0 Å². The van der Waals surface area contributed by atoms with E-state index in [1.54, 1.807) is 20.8 Å². The van der Waals surface area contributed by atoms with Crippen LogP contribution >= 0.6 is 15.9 Å². The fraction of sp³-hybridized carbons (Fsp3) is 0.385. The third-order valence-corrected chi connectivity index (χ3v) is 2.87. The van der Waals surface area contributed by atoms with E-state index in [1.807, 2.05) is 0 Å². The summed E-state index contributed by atoms with van der Waals surface area (Å²) in [6.45, 7) is 4.99. The fourth-order valence-corrected chi connectivity index (χ4v) is 2.01. The van der Waals surface area contributed by atoms with E-state index in [0.717, 1.165) is 12.1 Å². The molecule has 2 N–H and O–H groups in total. The Hall–Kier alpha value is -1.63. The van der Waals surface area contributed by atoms with E-state index in [1.165, 1.54) is 6.07 Å². The van der Waals surface area contributed by atoms with Gasteiger partial charge in [0, 0.05) is 10.0 Å². The molecule has 1 rings (SSSR count). The average molecular weight is 348 g/mol. The SMILES string of the molecule is CC(C)(C)OC(=O)NC(C(=O)O)c1ccc(F)cc1Br. The van der Waals surface area contributed by atoms with Crippen molar-refractivity contribution in [3.05, 3.63) is 34.1 Å². The number of alkyl carbamates (subject to hydrolysis) is 1. The van der Waals surface area contributed by atoms with Gasteiger partial charge in [-0.1, -0.05) is 22.0 Å². The summed E-state index contributed by atoms with van der Waals surface area (Å²) in [4.78, 5) is 22.9. The van der Waals surface area contributed by atoms with Gasteiger partial charge >= 0.3 is 12.1 Å². The van der Waals surface area contributed by atoms with E-state index in [9.17, 15) is 19.1 Å². The Kier molecular flexibility index (Phi) is 5.10. The van der Waals surface area contributed by atoms with Gasteiger partial charge in [0.2, 0.25) is 0 Å². The quantitative estimate of drug-likeness (QED) is 0.879. The smallest absolute Gasteiger partial charge is 0.408 e. The maximum Gasteiger partial charge on any atom is 0.408 e. The minimum atomic E-state index is -1.33. The number of hydrogen-bond acceptors (Lipinski definition) is 3. The van der Waals surface area contributed by atoms with Crippen LogP contribution in [0, 0.1) is 5.82 Å². The molecule has 0 aromatic heterocycles. The normalized spacial score (nSPS) is 12.7. The summed E-state index contributed by atoms with van der Waals surface area (Å²) in [5.41, 5.74) is -0.516. The molecule has 20 heavy (non-hydrogen) atoms. The van der Waals surface area contributed by atoms with Gasteiger partial charge in [0.15, 0.2) is 6.04 Å². The second kappa shape index (κ2) is 6.21. The number of carboxylic acid groups (broad SMARTS) is 1. The van der Waals surface area contributed by atoms with Crippen LogP contribution in [0.4, 0.5) is 9.18 Å². The molecule has 0 saturated carbocycles. The van der Waals surface area contributed by atoms with Gasteiger partial charge in [-0.05, 0) is 32.9 Å². The summed E-state index contributed by atoms with van der Waals surface area (Å²) in [5, 5.41) is 11.4. The molecule has 1 aromatic rings. The predicted molar refractivity (Wildman–Crippen MR) is 73.8 cm³/mol. The molecular weight excluding hydrogens is 333 g/mol. The van der Waals surface area contributed by atoms with Crippen LogP contribution in [0.1, 0.15) is 32.4 Å². The largest absolute Gasteiger partial charge is 0.479 e. The lowest BCUT2D eigenvalue weighted by Crippen LogP contribution is -2.38. The Morgan fingerprint density at radius 3 is 2.45 bits per heavy atom. The van der Waals surface area contributed by atoms with Crippen LogP contribution in [0.15, 0.2) is 22.7 Å². The molecular formula is C13H15BrFNO4. The number of ether oxygens (including phenoxy) is 1. The molecule has 7 heteroatoms. The molecule has 0 saturated heterocycles. The highest BCUT2D eigenvalue weighted by molar-refractivity contribution is 9.10. The number of aliphatic carboxylic acids is 1. The number of hydrogen-bond donors (Lipinski definition) is 2. The Morgan fingerprint density at radius 1 is 1.40 bits per heavy atom. The predicted octanol–water partition coefficient (Wildman–Crippen LogP) is 3.24. The highest BCUT2D eigenvalue weighted by Crippen LogP contribution is 2.25. The van der Waals surface area contributed by atoms with Crippen LogP contribution in [0.5, 0.6) is 0 Å². The van der Waals surface area contributed by atoms with Crippen molar-refractivity contribution in [3.63, 3.8) is 0 Å². The minimum Gasteiger partial charge on any atom is -0.479 e. The average Bonchev–Trinajstić information content (AvgIpc) is 2.23. The van der Waals surface area contributed by atoms with Gasteiger partial charge in [-0.25, -0.2) is 14.0 Å². The lowest BCUT2D eigenvalue weighted by Gasteiger charge is -2.22. The van der Waals surface area contributed by atoms with Crippen LogP contribution in [0.25, 0.3) is 0 Å². The summed E-state index contributed by atoms with van der Waals surface area (Å²) in [5.74, 6) is -1.79. The van der Waals surface area contributed by atoms with Crippen LogP contribution in [0.2, 0.25) is 0 Å². The summed E-state index contributed by atoms with van der Waals surface area (Å²) in [6.07, 6.45) is -0.860. The number of halogens is 2. The molecule has 0 heterocycles. The Bertz CT molecular complexity index is 528. The van der Waals surface area contributed by atoms with Gasteiger partial charge in [0.05, 0.1) is 0 Å². The van der Waals surface area contributed by atoms with Crippen molar-refractivity contribution in [2.24, 2.45) is 0 Å². The van der Waals surface area contributed by atoms with Crippen molar-refractivity contribution in [3.8, 4) is 0 Å². The summed E-state index contributed by atoms with van der Waals surface area (Å²) in [7, 11) is 0. The van der Waals surface area contributed by atoms with Gasteiger partial charge in [-0.3, -0.25) is 0 Å². The van der Waals surface area contributed by atoms with Crippen molar-refractivity contribution < 1.29 is 23.8 Å². The van der Waals surface area contributed by atoms with Gasteiger partial charge in [-0.2, -0.15) is 0 Å². The number of benzene rings is 1. The highest BCUT2D eigenvalue weighted by atomic mass is 79.9. The summed E-state index contributed by atoms with van der Waals surface area (Å²) in [6, 6.07) is 2.20. The number of carbonyl (C=O) groups excluding carboxylic acids is 1. The lowest BCUT2D eigenvalue weighted by molar-refractivity contribution is -0.139. The number of carboxylic acids is 1. The van der Waals surface area contributed by atoms with Crippen molar-refractivity contribution in [2.75, 3.05) is 0 Å². The Labute approximate surface area is 124 Å². The molecule has 110 valence electrons. The van der Waals surface area contributed by atoms with E-state index < -0.39 is 29.5 Å². The number of amides is 1. The molecule has 0 aliphatic heterocycles. The first kappa shape index (κ1) is 16.4. The first-order chi connectivity index (χ1) is 9.10. The van der Waals surface area contributed by atoms with Gasteiger partial charge in [-0.15, -0.1) is 0 Å². The standard InChI is InChI=1S/C13H15BrFNO4/c1-13(2,3)20-12(19)16-10(11(17)18)8-5-4-7(15)6-9(8)14/h4-6,10H,1-3H3,(H,16,19)(H,17,18). The molecule has 0 bridgehead atoms. The van der Waals surface area contributed by atoms with Crippen molar-refractivity contribution in [2.45, 2.75) is 32.4 Å². The second-order valence-electron chi connectivity index (χ2n) is 5.08.